The Balaban J connectivity index is 0.000000213. The average molecular weight is 1850 g/mol. The van der Waals surface area contributed by atoms with E-state index in [1.165, 1.54) is 86.2 Å². The van der Waals surface area contributed by atoms with Gasteiger partial charge in [0.1, 0.15) is 37.8 Å². The minimum Gasteiger partial charge on any atom is -0.473 e. The largest absolute Gasteiger partial charge is 0.473 e. The van der Waals surface area contributed by atoms with E-state index in [-0.39, 0.29) is 0 Å². The molecule has 0 radical (unpaired) electrons. The van der Waals surface area contributed by atoms with Gasteiger partial charge in [0.05, 0.1) is 77.5 Å². The minimum atomic E-state index is 0.949. The quantitative estimate of drug-likeness (QED) is 0.0821. The van der Waals surface area contributed by atoms with E-state index in [0.29, 0.717) is 0 Å². The summed E-state index contributed by atoms with van der Waals surface area (Å²) in [7, 11) is 0. The summed E-state index contributed by atoms with van der Waals surface area (Å²) < 4.78 is 21.3. The first kappa shape index (κ1) is 103. The number of hydrogen-bond acceptors (Lipinski definition) is 31. The van der Waals surface area contributed by atoms with Crippen molar-refractivity contribution >= 4 is 121 Å². The summed E-state index contributed by atoms with van der Waals surface area (Å²) in [6.07, 6.45) is 66.2. The standard InChI is InChI=1S/C8H6N2.C8H7N.C8H6S.C7H6N2.C6H4S2.2C5H5N.3C4H4N2.C4H5N.C4H4O.C4H4S.C3H3N3.2C3H4N2.2C3H3NO.2C3H3NS.C2H3N3/c1-2-4-8-7(3-1)9-5-6-10-8;2*1-2-4-8-7(3-1)5-6-9-8;1-2-4-7-6(3-1)8-5-9-7;1-3-7-6-2-4-8-5(1)6;2*1-2-4-6-5-3-1;2*1-2-6-4-3-5-1;1-2-5-4-6-3-1;3*1-2-4-5-3-1;1-4-2-6-3-5-1;1-2-5-3-4-1;1-2-4-5-3-1;1-2-5-3-4-1;1-2-4-5-3-1;1-2-5-3-4-1;2*1-2-4-5-3-1/h1-6H;1-6,9H;1-6H;1-5H,(H,8,9);1-4H;2*1-5H;3*1-4H;1-5H;2*1-4H;1-3H;2*1-3H,(H,4,5);4*1-3H;1-2H,(H,3,4,5). The minimum absolute atomic E-state index is 0.949. The van der Waals surface area contributed by atoms with Gasteiger partial charge in [-0.1, -0.05) is 90.1 Å². The Hall–Kier alpha value is -17.1. The molecule has 0 bridgehead atoms. The molecule has 37 heteroatoms. The molecule has 0 saturated carbocycles. The van der Waals surface area contributed by atoms with Crippen LogP contribution in [0.1, 0.15) is 0 Å². The summed E-state index contributed by atoms with van der Waals surface area (Å²) in [5, 5.41) is 35.8. The number of thiophene rings is 4. The lowest BCUT2D eigenvalue weighted by molar-refractivity contribution is 0.420. The molecule has 26 rings (SSSR count). The molecular weight excluding hydrogens is 1760 g/mol. The van der Waals surface area contributed by atoms with Crippen molar-refractivity contribution in [2.75, 3.05) is 0 Å². The molecule has 0 aliphatic carbocycles. The first-order chi connectivity index (χ1) is 65.3. The number of aromatic amines is 6. The van der Waals surface area contributed by atoms with Crippen molar-refractivity contribution in [2.45, 2.75) is 0 Å². The summed E-state index contributed by atoms with van der Waals surface area (Å²) >= 11 is 10.2. The number of nitrogens with one attached hydrogen (secondary N) is 6. The highest BCUT2D eigenvalue weighted by Crippen LogP contribution is 2.25. The zero-order valence-electron chi connectivity index (χ0n) is 70.0. The molecule has 22 heterocycles. The van der Waals surface area contributed by atoms with Crippen molar-refractivity contribution in [1.29, 1.82) is 0 Å². The van der Waals surface area contributed by atoms with Crippen LogP contribution < -0.4 is 0 Å². The van der Waals surface area contributed by atoms with Gasteiger partial charge >= 0.3 is 0 Å². The zero-order chi connectivity index (χ0) is 91.3. The van der Waals surface area contributed by atoms with Gasteiger partial charge in [-0.25, -0.2) is 44.2 Å². The zero-order valence-corrected chi connectivity index (χ0v) is 74.9. The molecule has 31 nitrogen and oxygen atoms in total. The van der Waals surface area contributed by atoms with Crippen molar-refractivity contribution in [2.24, 2.45) is 0 Å². The van der Waals surface area contributed by atoms with Crippen LogP contribution in [-0.2, 0) is 0 Å². The molecular formula is C94H90N28O3S6. The summed E-state index contributed by atoms with van der Waals surface area (Å²) in [6.45, 7) is 0. The van der Waals surface area contributed by atoms with Crippen LogP contribution in [0.2, 0.25) is 0 Å². The Labute approximate surface area is 778 Å². The van der Waals surface area contributed by atoms with Gasteiger partial charge in [0.15, 0.2) is 6.39 Å². The predicted octanol–water partition coefficient (Wildman–Crippen LogP) is 23.0. The van der Waals surface area contributed by atoms with Gasteiger partial charge in [-0.3, -0.25) is 50.0 Å². The predicted molar refractivity (Wildman–Crippen MR) is 524 cm³/mol. The van der Waals surface area contributed by atoms with Crippen molar-refractivity contribution < 1.29 is 13.4 Å². The fourth-order valence-corrected chi connectivity index (χ4v) is 11.8. The van der Waals surface area contributed by atoms with Gasteiger partial charge in [-0.05, 0) is 183 Å². The fourth-order valence-electron chi connectivity index (χ4n) is 8.01. The highest BCUT2D eigenvalue weighted by atomic mass is 32.1. The monoisotopic (exact) mass is 1850 g/mol. The van der Waals surface area contributed by atoms with Crippen LogP contribution >= 0.6 is 68.2 Å². The van der Waals surface area contributed by atoms with Crippen LogP contribution in [0.5, 0.6) is 0 Å². The number of benzene rings is 4. The van der Waals surface area contributed by atoms with Crippen LogP contribution in [0.3, 0.4) is 0 Å². The van der Waals surface area contributed by atoms with Gasteiger partial charge in [0.2, 0.25) is 0 Å². The van der Waals surface area contributed by atoms with Crippen molar-refractivity contribution in [1.82, 2.24) is 140 Å². The second-order valence-corrected chi connectivity index (χ2v) is 27.6. The number of hydrogen-bond donors (Lipinski definition) is 6. The van der Waals surface area contributed by atoms with Gasteiger partial charge in [-0.2, -0.15) is 31.8 Å². The molecule has 0 unspecified atom stereocenters. The number of fused-ring (bicyclic) bond motifs is 5. The number of nitrogens with zero attached hydrogens (tertiary/aromatic N) is 22. The Kier molecular flexibility index (Phi) is 61.8. The Morgan fingerprint density at radius 3 is 1.18 bits per heavy atom. The lowest BCUT2D eigenvalue weighted by atomic mass is 10.3. The molecule has 26 aromatic rings. The number of pyridine rings is 2. The molecule has 0 fully saturated rings. The lowest BCUT2D eigenvalue weighted by Gasteiger charge is -1.90. The van der Waals surface area contributed by atoms with E-state index in [4.69, 9.17) is 0 Å². The van der Waals surface area contributed by atoms with E-state index < -0.39 is 0 Å². The van der Waals surface area contributed by atoms with Gasteiger partial charge in [-0.15, -0.1) is 45.3 Å². The second-order valence-electron chi connectivity index (χ2n) is 22.5. The topological polar surface area (TPSA) is 418 Å². The molecule has 660 valence electrons. The van der Waals surface area contributed by atoms with E-state index in [1.54, 1.807) is 261 Å². The second kappa shape index (κ2) is 78.8. The van der Waals surface area contributed by atoms with E-state index in [9.17, 15) is 0 Å². The van der Waals surface area contributed by atoms with Crippen molar-refractivity contribution in [3.05, 3.63) is 511 Å². The first-order valence-electron chi connectivity index (χ1n) is 38.6. The third kappa shape index (κ3) is 58.6. The molecule has 0 atom stereocenters. The maximum atomic E-state index is 4.58. The van der Waals surface area contributed by atoms with Crippen LogP contribution in [0.4, 0.5) is 0 Å². The molecule has 0 spiro atoms. The third-order valence-corrected chi connectivity index (χ3v) is 17.9. The molecule has 0 aliphatic rings. The highest BCUT2D eigenvalue weighted by Gasteiger charge is 1.93. The number of imidazole rings is 2. The van der Waals surface area contributed by atoms with Crippen LogP contribution in [-0.4, -0.2) is 140 Å². The molecule has 0 saturated heterocycles. The number of H-pyrrole nitrogens is 6. The molecule has 0 aliphatic heterocycles. The first-order valence-corrected chi connectivity index (χ1v) is 43.9. The van der Waals surface area contributed by atoms with E-state index >= 15 is 0 Å². The average Bonchev–Trinajstić information content (AvgIpc) is 1.08. The SMILES string of the molecule is c1c[nH]cn1.c1cc2sccc2s1.c1cc[nH]c1.c1ccc2[nH]ccc2c1.c1ccc2[nH]cnc2c1.c1ccc2nccnc2c1.c1ccc2sccc2c1.c1ccncc1.c1ccncc1.c1ccoc1.c1ccsc1.c1cn[nH]c1.c1cn[nH]n1.c1cnccn1.c1cnccn1.c1cncnc1.c1cnoc1.c1cnsc1.c1cocn1.c1cscn1.c1ncncn1. The highest BCUT2D eigenvalue weighted by molar-refractivity contribution is 7.25. The molecule has 22 aromatic heterocycles. The summed E-state index contributed by atoms with van der Waals surface area (Å²) in [6, 6.07) is 71.1. The molecule has 4 aromatic carbocycles. The number of oxazole rings is 1. The van der Waals surface area contributed by atoms with Crippen LogP contribution in [0.15, 0.2) is 524 Å². The fraction of sp³-hybridized carbons (Fsp3) is 0. The number of thiazole rings is 1. The lowest BCUT2D eigenvalue weighted by Crippen LogP contribution is -1.78. The number of aromatic nitrogens is 28. The molecule has 6 N–H and O–H groups in total. The van der Waals surface area contributed by atoms with Gasteiger partial charge in [0.25, 0.3) is 0 Å². The normalized spacial score (nSPS) is 8.76. The molecule has 131 heavy (non-hydrogen) atoms. The Morgan fingerprint density at radius 2 is 0.840 bits per heavy atom. The summed E-state index contributed by atoms with van der Waals surface area (Å²) in [4.78, 5) is 75.5. The number of para-hydroxylation sites is 5. The van der Waals surface area contributed by atoms with E-state index in [0.717, 1.165) is 22.1 Å². The maximum Gasteiger partial charge on any atom is 0.180 e. The van der Waals surface area contributed by atoms with E-state index in [2.05, 4.69) is 230 Å². The third-order valence-electron chi connectivity index (χ3n) is 13.4. The summed E-state index contributed by atoms with van der Waals surface area (Å²) in [5.74, 6) is 0. The Morgan fingerprint density at radius 1 is 0.260 bits per heavy atom. The van der Waals surface area contributed by atoms with Crippen LogP contribution in [0.25, 0.3) is 52.5 Å². The van der Waals surface area contributed by atoms with Gasteiger partial charge < -0.3 is 33.3 Å². The van der Waals surface area contributed by atoms with Crippen LogP contribution in [0, 0.1) is 0 Å². The Bertz CT molecular complexity index is 4960. The smallest absolute Gasteiger partial charge is 0.180 e. The van der Waals surface area contributed by atoms with E-state index in [1.807, 2.05) is 186 Å². The number of rotatable bonds is 0. The van der Waals surface area contributed by atoms with Gasteiger partial charge in [0, 0.05) is 185 Å². The maximum absolute atomic E-state index is 4.58. The van der Waals surface area contributed by atoms with Crippen molar-refractivity contribution in [3.63, 3.8) is 0 Å². The number of furan rings is 1. The van der Waals surface area contributed by atoms with Crippen molar-refractivity contribution in [3.8, 4) is 0 Å². The molecule has 0 amide bonds. The summed E-state index contributed by atoms with van der Waals surface area (Å²) in [5.41, 5.74) is 7.02.